The van der Waals surface area contributed by atoms with Crippen LogP contribution in [0.4, 0.5) is 0 Å². The average Bonchev–Trinajstić information content (AvgIpc) is 3.27. The van der Waals surface area contributed by atoms with Gasteiger partial charge in [-0.05, 0) is 37.5 Å². The SMILES string of the molecule is CS(=O)(=O)NC1CN(C(=O)CN2CCCCCC2=O)CC1C1CC1. The standard InChI is InChI=1S/C16H27N3O4S/c1-24(22,23)17-14-10-19(9-13(14)12-6-7-12)16(21)11-18-8-4-2-3-5-15(18)20/h12-14,17H,2-11H2,1H3. The Morgan fingerprint density at radius 3 is 2.62 bits per heavy atom. The number of nitrogens with zero attached hydrogens (tertiary/aromatic N) is 2. The summed E-state index contributed by atoms with van der Waals surface area (Å²) < 4.78 is 25.9. The third kappa shape index (κ3) is 4.47. The number of sulfonamides is 1. The fourth-order valence-corrected chi connectivity index (χ4v) is 4.70. The second-order valence-corrected chi connectivity index (χ2v) is 9.20. The predicted molar refractivity (Wildman–Crippen MR) is 89.6 cm³/mol. The monoisotopic (exact) mass is 357 g/mol. The summed E-state index contributed by atoms with van der Waals surface area (Å²) in [6, 6.07) is -0.198. The lowest BCUT2D eigenvalue weighted by Crippen LogP contribution is -2.43. The first-order chi connectivity index (χ1) is 11.3. The summed E-state index contributed by atoms with van der Waals surface area (Å²) in [6.45, 7) is 1.78. The van der Waals surface area contributed by atoms with Gasteiger partial charge in [0.15, 0.2) is 0 Å². The van der Waals surface area contributed by atoms with Crippen molar-refractivity contribution in [2.45, 2.75) is 44.6 Å². The third-order valence-corrected chi connectivity index (χ3v) is 6.04. The Labute approximate surface area is 143 Å². The molecule has 0 radical (unpaired) electrons. The minimum atomic E-state index is -3.29. The number of nitrogens with one attached hydrogen (secondary N) is 1. The zero-order valence-corrected chi connectivity index (χ0v) is 15.1. The molecule has 1 N–H and O–H groups in total. The van der Waals surface area contributed by atoms with Crippen molar-refractivity contribution in [3.63, 3.8) is 0 Å². The van der Waals surface area contributed by atoms with Crippen LogP contribution in [0, 0.1) is 11.8 Å². The molecule has 24 heavy (non-hydrogen) atoms. The van der Waals surface area contributed by atoms with Crippen molar-refractivity contribution in [3.8, 4) is 0 Å². The maximum atomic E-state index is 12.6. The van der Waals surface area contributed by atoms with E-state index in [9.17, 15) is 18.0 Å². The van der Waals surface area contributed by atoms with Crippen LogP contribution in [-0.2, 0) is 19.6 Å². The number of hydrogen-bond acceptors (Lipinski definition) is 4. The van der Waals surface area contributed by atoms with Crippen molar-refractivity contribution in [1.29, 1.82) is 0 Å². The fourth-order valence-electron chi connectivity index (χ4n) is 3.90. The van der Waals surface area contributed by atoms with Crippen molar-refractivity contribution < 1.29 is 18.0 Å². The number of likely N-dealkylation sites (tertiary alicyclic amines) is 2. The van der Waals surface area contributed by atoms with Crippen LogP contribution in [0.3, 0.4) is 0 Å². The molecule has 8 heteroatoms. The van der Waals surface area contributed by atoms with E-state index in [0.717, 1.165) is 38.4 Å². The highest BCUT2D eigenvalue weighted by Crippen LogP contribution is 2.41. The molecule has 0 aromatic heterocycles. The third-order valence-electron chi connectivity index (χ3n) is 5.31. The van der Waals surface area contributed by atoms with E-state index in [1.807, 2.05) is 0 Å². The van der Waals surface area contributed by atoms with E-state index in [4.69, 9.17) is 0 Å². The molecule has 2 aliphatic heterocycles. The van der Waals surface area contributed by atoms with E-state index in [1.165, 1.54) is 0 Å². The van der Waals surface area contributed by atoms with Crippen LogP contribution in [0.15, 0.2) is 0 Å². The molecule has 1 saturated carbocycles. The van der Waals surface area contributed by atoms with Crippen LogP contribution < -0.4 is 4.72 Å². The Hall–Kier alpha value is -1.15. The normalized spacial score (nSPS) is 29.0. The first-order valence-corrected chi connectivity index (χ1v) is 10.8. The number of rotatable bonds is 5. The summed E-state index contributed by atoms with van der Waals surface area (Å²) in [5.41, 5.74) is 0. The number of amides is 2. The Morgan fingerprint density at radius 1 is 1.21 bits per heavy atom. The van der Waals surface area contributed by atoms with Gasteiger partial charge in [0.05, 0.1) is 12.8 Å². The molecular formula is C16H27N3O4S. The van der Waals surface area contributed by atoms with Crippen LogP contribution in [0.25, 0.3) is 0 Å². The van der Waals surface area contributed by atoms with Crippen molar-refractivity contribution in [2.24, 2.45) is 11.8 Å². The molecule has 2 atom stereocenters. The molecule has 3 fully saturated rings. The van der Waals surface area contributed by atoms with Crippen LogP contribution in [0.5, 0.6) is 0 Å². The van der Waals surface area contributed by atoms with E-state index in [-0.39, 0.29) is 30.3 Å². The zero-order chi connectivity index (χ0) is 17.3. The summed E-state index contributed by atoms with van der Waals surface area (Å²) in [5.74, 6) is 0.712. The van der Waals surface area contributed by atoms with Crippen LogP contribution >= 0.6 is 0 Å². The van der Waals surface area contributed by atoms with Gasteiger partial charge in [0.2, 0.25) is 21.8 Å². The lowest BCUT2D eigenvalue weighted by molar-refractivity contribution is -0.139. The molecule has 0 aromatic rings. The predicted octanol–water partition coefficient (Wildman–Crippen LogP) is 0.175. The van der Waals surface area contributed by atoms with Gasteiger partial charge in [0, 0.05) is 32.1 Å². The molecule has 136 valence electrons. The summed E-state index contributed by atoms with van der Waals surface area (Å²) in [6.07, 6.45) is 6.79. The minimum Gasteiger partial charge on any atom is -0.339 e. The molecule has 2 saturated heterocycles. The highest BCUT2D eigenvalue weighted by molar-refractivity contribution is 7.88. The van der Waals surface area contributed by atoms with Gasteiger partial charge in [0.25, 0.3) is 0 Å². The highest BCUT2D eigenvalue weighted by atomic mass is 32.2. The van der Waals surface area contributed by atoms with Crippen molar-refractivity contribution >= 4 is 21.8 Å². The molecular weight excluding hydrogens is 330 g/mol. The number of carbonyl (C=O) groups excluding carboxylic acids is 2. The van der Waals surface area contributed by atoms with Crippen LogP contribution in [0.2, 0.25) is 0 Å². The van der Waals surface area contributed by atoms with Crippen molar-refractivity contribution in [1.82, 2.24) is 14.5 Å². The van der Waals surface area contributed by atoms with Gasteiger partial charge in [-0.25, -0.2) is 13.1 Å². The Balaban J connectivity index is 1.61. The van der Waals surface area contributed by atoms with E-state index in [1.54, 1.807) is 9.80 Å². The molecule has 7 nitrogen and oxygen atoms in total. The molecule has 0 spiro atoms. The minimum absolute atomic E-state index is 0.0598. The van der Waals surface area contributed by atoms with Crippen LogP contribution in [0.1, 0.15) is 38.5 Å². The topological polar surface area (TPSA) is 86.8 Å². The lowest BCUT2D eigenvalue weighted by Gasteiger charge is -2.24. The summed E-state index contributed by atoms with van der Waals surface area (Å²) in [4.78, 5) is 28.1. The van der Waals surface area contributed by atoms with E-state index >= 15 is 0 Å². The van der Waals surface area contributed by atoms with Crippen LogP contribution in [-0.4, -0.2) is 68.5 Å². The van der Waals surface area contributed by atoms with Gasteiger partial charge < -0.3 is 9.80 Å². The van der Waals surface area contributed by atoms with E-state index in [0.29, 0.717) is 32.0 Å². The lowest BCUT2D eigenvalue weighted by atomic mass is 9.99. The summed E-state index contributed by atoms with van der Waals surface area (Å²) >= 11 is 0. The molecule has 0 bridgehead atoms. The highest BCUT2D eigenvalue weighted by Gasteiger charge is 2.44. The van der Waals surface area contributed by atoms with E-state index in [2.05, 4.69) is 4.72 Å². The molecule has 3 rings (SSSR count). The van der Waals surface area contributed by atoms with Gasteiger partial charge in [-0.15, -0.1) is 0 Å². The Bertz CT molecular complexity index is 602. The second-order valence-electron chi connectivity index (χ2n) is 7.42. The first-order valence-electron chi connectivity index (χ1n) is 8.86. The van der Waals surface area contributed by atoms with Crippen molar-refractivity contribution in [3.05, 3.63) is 0 Å². The van der Waals surface area contributed by atoms with Gasteiger partial charge >= 0.3 is 0 Å². The molecule has 3 aliphatic rings. The van der Waals surface area contributed by atoms with Crippen molar-refractivity contribution in [2.75, 3.05) is 32.4 Å². The number of carbonyl (C=O) groups is 2. The maximum Gasteiger partial charge on any atom is 0.242 e. The molecule has 1 aliphatic carbocycles. The van der Waals surface area contributed by atoms with Gasteiger partial charge in [-0.2, -0.15) is 0 Å². The molecule has 2 amide bonds. The smallest absolute Gasteiger partial charge is 0.242 e. The Morgan fingerprint density at radius 2 is 1.96 bits per heavy atom. The quantitative estimate of drug-likeness (QED) is 0.760. The molecule has 2 heterocycles. The number of hydrogen-bond donors (Lipinski definition) is 1. The van der Waals surface area contributed by atoms with Gasteiger partial charge in [0.1, 0.15) is 0 Å². The van der Waals surface area contributed by atoms with Gasteiger partial charge in [-0.3, -0.25) is 9.59 Å². The zero-order valence-electron chi connectivity index (χ0n) is 14.2. The Kier molecular flexibility index (Phi) is 5.15. The maximum absolute atomic E-state index is 12.6. The summed E-state index contributed by atoms with van der Waals surface area (Å²) in [5, 5.41) is 0. The molecule has 0 aromatic carbocycles. The first kappa shape index (κ1) is 17.7. The summed E-state index contributed by atoms with van der Waals surface area (Å²) in [7, 11) is -3.29. The second kappa shape index (κ2) is 7.00. The van der Waals surface area contributed by atoms with E-state index < -0.39 is 10.0 Å². The van der Waals surface area contributed by atoms with Gasteiger partial charge in [-0.1, -0.05) is 6.42 Å². The fraction of sp³-hybridized carbons (Fsp3) is 0.875. The average molecular weight is 357 g/mol. The molecule has 2 unspecified atom stereocenters. The largest absolute Gasteiger partial charge is 0.339 e.